The summed E-state index contributed by atoms with van der Waals surface area (Å²) in [7, 11) is 0. The van der Waals surface area contributed by atoms with Crippen LogP contribution < -0.4 is 10.2 Å². The maximum absolute atomic E-state index is 4.40. The monoisotopic (exact) mass is 340 g/mol. The van der Waals surface area contributed by atoms with E-state index in [2.05, 4.69) is 41.1 Å². The molecule has 0 amide bonds. The van der Waals surface area contributed by atoms with Gasteiger partial charge in [-0.15, -0.1) is 0 Å². The van der Waals surface area contributed by atoms with Crippen LogP contribution in [-0.4, -0.2) is 38.3 Å². The lowest BCUT2D eigenvalue weighted by molar-refractivity contribution is 0.388. The number of nitrogens with zero attached hydrogens (tertiary/aromatic N) is 5. The Labute approximate surface area is 145 Å². The Morgan fingerprint density at radius 1 is 1.17 bits per heavy atom. The van der Waals surface area contributed by atoms with E-state index in [4.69, 9.17) is 0 Å². The van der Waals surface area contributed by atoms with E-state index in [-0.39, 0.29) is 0 Å². The van der Waals surface area contributed by atoms with Gasteiger partial charge in [0.2, 0.25) is 5.95 Å². The molecule has 4 rings (SSSR count). The summed E-state index contributed by atoms with van der Waals surface area (Å²) in [6, 6.07) is 8.05. The molecule has 0 spiro atoms. The molecule has 1 aliphatic heterocycles. The van der Waals surface area contributed by atoms with Crippen LogP contribution in [0.4, 0.5) is 5.95 Å². The first-order chi connectivity index (χ1) is 11.9. The molecular formula is C17H20N6S. The molecule has 1 aromatic carbocycles. The summed E-state index contributed by atoms with van der Waals surface area (Å²) in [5.74, 6) is 1.47. The van der Waals surface area contributed by atoms with E-state index in [1.54, 1.807) is 0 Å². The van der Waals surface area contributed by atoms with Crippen molar-refractivity contribution in [2.75, 3.05) is 24.5 Å². The Bertz CT molecular complexity index is 790. The predicted molar refractivity (Wildman–Crippen MR) is 96.1 cm³/mol. The van der Waals surface area contributed by atoms with Gasteiger partial charge in [-0.3, -0.25) is 0 Å². The van der Waals surface area contributed by atoms with Gasteiger partial charge in [-0.2, -0.15) is 8.75 Å². The molecule has 2 aromatic heterocycles. The minimum Gasteiger partial charge on any atom is -0.341 e. The van der Waals surface area contributed by atoms with E-state index in [1.165, 1.54) is 30.1 Å². The van der Waals surface area contributed by atoms with Crippen molar-refractivity contribution in [3.63, 3.8) is 0 Å². The summed E-state index contributed by atoms with van der Waals surface area (Å²) in [5.41, 5.74) is 3.24. The molecule has 1 N–H and O–H groups in total. The quantitative estimate of drug-likeness (QED) is 0.770. The molecule has 24 heavy (non-hydrogen) atoms. The third kappa shape index (κ3) is 3.37. The minimum atomic E-state index is 0.621. The normalized spacial score (nSPS) is 18.2. The summed E-state index contributed by atoms with van der Waals surface area (Å²) < 4.78 is 8.70. The molecule has 1 unspecified atom stereocenters. The molecular weight excluding hydrogens is 320 g/mol. The molecule has 7 heteroatoms. The summed E-state index contributed by atoms with van der Waals surface area (Å²) >= 11 is 1.28. The number of rotatable bonds is 5. The second-order valence-electron chi connectivity index (χ2n) is 6.18. The van der Waals surface area contributed by atoms with Gasteiger partial charge in [-0.05, 0) is 43.0 Å². The number of hydrogen-bond donors (Lipinski definition) is 1. The first kappa shape index (κ1) is 15.4. The van der Waals surface area contributed by atoms with Crippen LogP contribution in [0, 0.1) is 5.92 Å². The largest absolute Gasteiger partial charge is 0.341 e. The fourth-order valence-electron chi connectivity index (χ4n) is 3.28. The molecule has 1 fully saturated rings. The Balaban J connectivity index is 1.33. The zero-order valence-electron chi connectivity index (χ0n) is 13.4. The summed E-state index contributed by atoms with van der Waals surface area (Å²) in [6.07, 6.45) is 6.06. The van der Waals surface area contributed by atoms with Gasteiger partial charge in [0.1, 0.15) is 11.0 Å². The van der Waals surface area contributed by atoms with Gasteiger partial charge in [0.15, 0.2) is 0 Å². The van der Waals surface area contributed by atoms with E-state index in [0.717, 1.165) is 43.2 Å². The van der Waals surface area contributed by atoms with Crippen molar-refractivity contribution >= 4 is 28.7 Å². The van der Waals surface area contributed by atoms with E-state index >= 15 is 0 Å². The van der Waals surface area contributed by atoms with Crippen LogP contribution in [0.15, 0.2) is 36.7 Å². The van der Waals surface area contributed by atoms with Crippen LogP contribution in [0.5, 0.6) is 0 Å². The molecule has 124 valence electrons. The number of piperidine rings is 1. The zero-order valence-corrected chi connectivity index (χ0v) is 14.2. The number of benzene rings is 1. The summed E-state index contributed by atoms with van der Waals surface area (Å²) in [4.78, 5) is 11.0. The molecule has 3 aromatic rings. The van der Waals surface area contributed by atoms with E-state index in [1.807, 2.05) is 24.5 Å². The van der Waals surface area contributed by atoms with Gasteiger partial charge in [0.25, 0.3) is 0 Å². The highest BCUT2D eigenvalue weighted by molar-refractivity contribution is 7.00. The molecule has 0 saturated carbocycles. The molecule has 6 nitrogen and oxygen atoms in total. The van der Waals surface area contributed by atoms with Crippen LogP contribution in [0.25, 0.3) is 11.0 Å². The Morgan fingerprint density at radius 3 is 3.00 bits per heavy atom. The average molecular weight is 340 g/mol. The van der Waals surface area contributed by atoms with Crippen LogP contribution in [0.2, 0.25) is 0 Å². The Kier molecular flexibility index (Phi) is 4.62. The average Bonchev–Trinajstić information content (AvgIpc) is 3.12. The van der Waals surface area contributed by atoms with Crippen molar-refractivity contribution in [2.45, 2.75) is 19.4 Å². The van der Waals surface area contributed by atoms with Gasteiger partial charge in [-0.25, -0.2) is 9.97 Å². The molecule has 1 saturated heterocycles. The van der Waals surface area contributed by atoms with Gasteiger partial charge < -0.3 is 10.2 Å². The molecule has 0 radical (unpaired) electrons. The van der Waals surface area contributed by atoms with Gasteiger partial charge >= 0.3 is 0 Å². The van der Waals surface area contributed by atoms with Crippen LogP contribution in [-0.2, 0) is 6.54 Å². The van der Waals surface area contributed by atoms with Crippen molar-refractivity contribution in [3.05, 3.63) is 42.2 Å². The van der Waals surface area contributed by atoms with Crippen molar-refractivity contribution in [1.82, 2.24) is 24.0 Å². The number of fused-ring (bicyclic) bond motifs is 1. The molecule has 0 aliphatic carbocycles. The smallest absolute Gasteiger partial charge is 0.225 e. The fraction of sp³-hybridized carbons (Fsp3) is 0.412. The summed E-state index contributed by atoms with van der Waals surface area (Å²) in [5, 5.41) is 3.59. The first-order valence-corrected chi connectivity index (χ1v) is 9.06. The predicted octanol–water partition coefficient (Wildman–Crippen LogP) is 2.49. The van der Waals surface area contributed by atoms with Crippen LogP contribution in [0.1, 0.15) is 18.4 Å². The number of anilines is 1. The highest BCUT2D eigenvalue weighted by Crippen LogP contribution is 2.20. The standard InChI is InChI=1S/C17H20N6S/c1-5-14(16-15(6-1)21-24-22-16)11-18-10-13-4-2-9-23(12-13)17-19-7-3-8-20-17/h1,3,5-8,13,18H,2,4,9-12H2. The summed E-state index contributed by atoms with van der Waals surface area (Å²) in [6.45, 7) is 3.89. The molecule has 3 heterocycles. The van der Waals surface area contributed by atoms with Crippen LogP contribution in [0.3, 0.4) is 0 Å². The lowest BCUT2D eigenvalue weighted by atomic mass is 9.98. The lowest BCUT2D eigenvalue weighted by Crippen LogP contribution is -2.40. The van der Waals surface area contributed by atoms with E-state index in [0.29, 0.717) is 5.92 Å². The van der Waals surface area contributed by atoms with Gasteiger partial charge in [0.05, 0.1) is 11.7 Å². The first-order valence-electron chi connectivity index (χ1n) is 8.33. The molecule has 0 bridgehead atoms. The highest BCUT2D eigenvalue weighted by atomic mass is 32.1. The maximum Gasteiger partial charge on any atom is 0.225 e. The SMILES string of the molecule is c1cnc(N2CCCC(CNCc3cccc4nsnc34)C2)nc1. The number of aromatic nitrogens is 4. The van der Waals surface area contributed by atoms with Gasteiger partial charge in [0, 0.05) is 32.0 Å². The van der Waals surface area contributed by atoms with Crippen molar-refractivity contribution < 1.29 is 0 Å². The molecule has 1 atom stereocenters. The Morgan fingerprint density at radius 2 is 2.08 bits per heavy atom. The van der Waals surface area contributed by atoms with E-state index < -0.39 is 0 Å². The lowest BCUT2D eigenvalue weighted by Gasteiger charge is -2.32. The second kappa shape index (κ2) is 7.19. The highest BCUT2D eigenvalue weighted by Gasteiger charge is 2.21. The maximum atomic E-state index is 4.40. The Hall–Kier alpha value is -2.12. The van der Waals surface area contributed by atoms with Crippen molar-refractivity contribution in [2.24, 2.45) is 5.92 Å². The fourth-order valence-corrected chi connectivity index (χ4v) is 3.85. The minimum absolute atomic E-state index is 0.621. The van der Waals surface area contributed by atoms with Crippen molar-refractivity contribution in [3.8, 4) is 0 Å². The molecule has 1 aliphatic rings. The topological polar surface area (TPSA) is 66.8 Å². The van der Waals surface area contributed by atoms with Crippen molar-refractivity contribution in [1.29, 1.82) is 0 Å². The van der Waals surface area contributed by atoms with Gasteiger partial charge in [-0.1, -0.05) is 12.1 Å². The zero-order chi connectivity index (χ0) is 16.2. The third-order valence-electron chi connectivity index (χ3n) is 4.47. The number of nitrogens with one attached hydrogen (secondary N) is 1. The number of hydrogen-bond acceptors (Lipinski definition) is 7. The van der Waals surface area contributed by atoms with E-state index in [9.17, 15) is 0 Å². The van der Waals surface area contributed by atoms with Crippen LogP contribution >= 0.6 is 11.7 Å². The second-order valence-corrected chi connectivity index (χ2v) is 6.71. The third-order valence-corrected chi connectivity index (χ3v) is 5.01.